The smallest absolute Gasteiger partial charge is 0.337 e. The monoisotopic (exact) mass is 321 g/mol. The van der Waals surface area contributed by atoms with Crippen LogP contribution in [-0.4, -0.2) is 24.2 Å². The van der Waals surface area contributed by atoms with Crippen molar-refractivity contribution in [3.05, 3.63) is 77.9 Å². The predicted molar refractivity (Wildman–Crippen MR) is 90.3 cm³/mol. The van der Waals surface area contributed by atoms with Gasteiger partial charge in [0.1, 0.15) is 0 Å². The van der Waals surface area contributed by atoms with Crippen molar-refractivity contribution >= 4 is 28.3 Å². The van der Waals surface area contributed by atoms with Gasteiger partial charge < -0.3 is 4.74 Å². The Morgan fingerprint density at radius 3 is 2.17 bits per heavy atom. The van der Waals surface area contributed by atoms with Gasteiger partial charge in [-0.25, -0.2) is 4.79 Å². The zero-order chi connectivity index (χ0) is 17.1. The number of nitrogens with zero attached hydrogens (tertiary/aromatic N) is 1. The minimum Gasteiger partial charge on any atom is -0.465 e. The van der Waals surface area contributed by atoms with Crippen LogP contribution in [0.25, 0.3) is 10.8 Å². The molecule has 24 heavy (non-hydrogen) atoms. The molecule has 0 aromatic heterocycles. The van der Waals surface area contributed by atoms with Crippen molar-refractivity contribution in [1.82, 2.24) is 0 Å². The number of carbonyl (C=O) groups is 2. The van der Waals surface area contributed by atoms with Crippen LogP contribution in [0.15, 0.2) is 66.7 Å². The molecule has 0 aliphatic heterocycles. The third-order valence-corrected chi connectivity index (χ3v) is 3.72. The summed E-state index contributed by atoms with van der Waals surface area (Å²) in [5, 5.41) is 12.8. The Morgan fingerprint density at radius 1 is 0.875 bits per heavy atom. The van der Waals surface area contributed by atoms with Gasteiger partial charge in [0.05, 0.1) is 18.4 Å². The van der Waals surface area contributed by atoms with Crippen molar-refractivity contribution in [3.63, 3.8) is 0 Å². The van der Waals surface area contributed by atoms with E-state index >= 15 is 0 Å². The molecular weight excluding hydrogens is 306 g/mol. The van der Waals surface area contributed by atoms with E-state index in [2.05, 4.69) is 4.74 Å². The zero-order valence-corrected chi connectivity index (χ0v) is 13.0. The van der Waals surface area contributed by atoms with E-state index in [0.717, 1.165) is 10.8 Å². The van der Waals surface area contributed by atoms with Gasteiger partial charge in [-0.05, 0) is 47.2 Å². The van der Waals surface area contributed by atoms with E-state index in [9.17, 15) is 14.8 Å². The molecule has 3 rings (SSSR count). The number of anilines is 1. The summed E-state index contributed by atoms with van der Waals surface area (Å²) in [4.78, 5) is 23.8. The van der Waals surface area contributed by atoms with Crippen LogP contribution in [-0.2, 0) is 4.74 Å². The largest absolute Gasteiger partial charge is 0.465 e. The van der Waals surface area contributed by atoms with Crippen molar-refractivity contribution < 1.29 is 19.5 Å². The third kappa shape index (κ3) is 2.98. The van der Waals surface area contributed by atoms with E-state index in [1.54, 1.807) is 12.1 Å². The molecule has 0 spiro atoms. The number of benzene rings is 3. The molecule has 3 aromatic rings. The van der Waals surface area contributed by atoms with Gasteiger partial charge in [0, 0.05) is 5.56 Å². The maximum atomic E-state index is 12.4. The first-order chi connectivity index (χ1) is 11.6. The number of ether oxygens (including phenoxy) is 1. The molecule has 0 saturated heterocycles. The Hall–Kier alpha value is -3.18. The zero-order valence-electron chi connectivity index (χ0n) is 13.0. The Labute approximate surface area is 138 Å². The number of hydroxylamine groups is 1. The summed E-state index contributed by atoms with van der Waals surface area (Å²) in [5.74, 6) is -1.06. The number of carbonyl (C=O) groups excluding carboxylic acids is 2. The molecule has 0 bridgehead atoms. The van der Waals surface area contributed by atoms with E-state index in [-0.39, 0.29) is 5.56 Å². The molecule has 0 heterocycles. The normalized spacial score (nSPS) is 10.4. The predicted octanol–water partition coefficient (Wildman–Crippen LogP) is 3.66. The van der Waals surface area contributed by atoms with Crippen LogP contribution in [0.1, 0.15) is 20.7 Å². The number of hydrogen-bond acceptors (Lipinski definition) is 4. The van der Waals surface area contributed by atoms with Gasteiger partial charge in [-0.3, -0.25) is 10.0 Å². The highest BCUT2D eigenvalue weighted by Gasteiger charge is 2.16. The molecule has 1 N–H and O–H groups in total. The highest BCUT2D eigenvalue weighted by atomic mass is 16.5. The van der Waals surface area contributed by atoms with Gasteiger partial charge in [-0.1, -0.05) is 30.3 Å². The van der Waals surface area contributed by atoms with Gasteiger partial charge in [-0.15, -0.1) is 0 Å². The second kappa shape index (κ2) is 6.52. The molecule has 120 valence electrons. The summed E-state index contributed by atoms with van der Waals surface area (Å²) in [6.07, 6.45) is 0. The molecule has 0 radical (unpaired) electrons. The summed E-state index contributed by atoms with van der Waals surface area (Å²) in [6.45, 7) is 0. The van der Waals surface area contributed by atoms with Crippen LogP contribution in [0.2, 0.25) is 0 Å². The fraction of sp³-hybridized carbons (Fsp3) is 0.0526. The molecule has 0 atom stereocenters. The number of fused-ring (bicyclic) bond motifs is 1. The topological polar surface area (TPSA) is 66.8 Å². The standard InChI is InChI=1S/C19H15NO4/c1-24-19(22)15-8-6-14(7-9-15)18(21)20(23)17-11-10-13-4-2-3-5-16(13)12-17/h2-12,23H,1H3. The van der Waals surface area contributed by atoms with Crippen LogP contribution >= 0.6 is 0 Å². The minimum absolute atomic E-state index is 0.262. The van der Waals surface area contributed by atoms with Crippen molar-refractivity contribution in [2.24, 2.45) is 0 Å². The van der Waals surface area contributed by atoms with E-state index in [1.165, 1.54) is 31.4 Å². The fourth-order valence-electron chi connectivity index (χ4n) is 2.41. The molecule has 0 fully saturated rings. The van der Waals surface area contributed by atoms with Crippen LogP contribution < -0.4 is 5.06 Å². The SMILES string of the molecule is COC(=O)c1ccc(C(=O)N(O)c2ccc3ccccc3c2)cc1. The quantitative estimate of drug-likeness (QED) is 0.454. The second-order valence-electron chi connectivity index (χ2n) is 5.22. The van der Waals surface area contributed by atoms with E-state index in [1.807, 2.05) is 30.3 Å². The highest BCUT2D eigenvalue weighted by Crippen LogP contribution is 2.22. The summed E-state index contributed by atoms with van der Waals surface area (Å²) >= 11 is 0. The average molecular weight is 321 g/mol. The lowest BCUT2D eigenvalue weighted by molar-refractivity contribution is 0.0600. The molecule has 3 aromatic carbocycles. The Bertz CT molecular complexity index is 903. The summed E-state index contributed by atoms with van der Waals surface area (Å²) < 4.78 is 4.61. The van der Waals surface area contributed by atoms with Gasteiger partial charge in [0.25, 0.3) is 5.91 Å². The minimum atomic E-state index is -0.582. The van der Waals surface area contributed by atoms with Gasteiger partial charge in [-0.2, -0.15) is 5.06 Å². The van der Waals surface area contributed by atoms with Gasteiger partial charge in [0.15, 0.2) is 0 Å². The fourth-order valence-corrected chi connectivity index (χ4v) is 2.41. The lowest BCUT2D eigenvalue weighted by Crippen LogP contribution is -2.26. The first-order valence-electron chi connectivity index (χ1n) is 7.30. The van der Waals surface area contributed by atoms with Gasteiger partial charge >= 0.3 is 5.97 Å². The molecule has 1 amide bonds. The molecular formula is C19H15NO4. The lowest BCUT2D eigenvalue weighted by Gasteiger charge is -2.16. The number of hydrogen-bond donors (Lipinski definition) is 1. The van der Waals surface area contributed by atoms with Crippen LogP contribution in [0, 0.1) is 0 Å². The molecule has 5 nitrogen and oxygen atoms in total. The molecule has 5 heteroatoms. The highest BCUT2D eigenvalue weighted by molar-refractivity contribution is 6.05. The molecule has 0 aliphatic carbocycles. The molecule has 0 unspecified atom stereocenters. The van der Waals surface area contributed by atoms with E-state index in [4.69, 9.17) is 0 Å². The summed E-state index contributed by atoms with van der Waals surface area (Å²) in [7, 11) is 1.29. The van der Waals surface area contributed by atoms with E-state index < -0.39 is 11.9 Å². The van der Waals surface area contributed by atoms with Crippen LogP contribution in [0.4, 0.5) is 5.69 Å². The van der Waals surface area contributed by atoms with Crippen molar-refractivity contribution in [3.8, 4) is 0 Å². The third-order valence-electron chi connectivity index (χ3n) is 3.72. The van der Waals surface area contributed by atoms with Gasteiger partial charge in [0.2, 0.25) is 0 Å². The lowest BCUT2D eigenvalue weighted by atomic mass is 10.1. The Balaban J connectivity index is 1.86. The maximum absolute atomic E-state index is 12.4. The number of esters is 1. The van der Waals surface area contributed by atoms with Crippen molar-refractivity contribution in [2.75, 3.05) is 12.2 Å². The summed E-state index contributed by atoms with van der Waals surface area (Å²) in [5.41, 5.74) is 0.971. The number of rotatable bonds is 3. The summed E-state index contributed by atoms with van der Waals surface area (Å²) in [6, 6.07) is 18.8. The first-order valence-corrected chi connectivity index (χ1v) is 7.30. The van der Waals surface area contributed by atoms with Crippen molar-refractivity contribution in [2.45, 2.75) is 0 Å². The molecule has 0 aliphatic rings. The van der Waals surface area contributed by atoms with Crippen LogP contribution in [0.3, 0.4) is 0 Å². The Morgan fingerprint density at radius 2 is 1.50 bits per heavy atom. The first kappa shape index (κ1) is 15.7. The number of methoxy groups -OCH3 is 1. The average Bonchev–Trinajstić information content (AvgIpc) is 2.66. The molecule has 0 saturated carbocycles. The van der Waals surface area contributed by atoms with Crippen LogP contribution in [0.5, 0.6) is 0 Å². The maximum Gasteiger partial charge on any atom is 0.337 e. The van der Waals surface area contributed by atoms with E-state index in [0.29, 0.717) is 16.3 Å². The second-order valence-corrected chi connectivity index (χ2v) is 5.22. The van der Waals surface area contributed by atoms with Crippen molar-refractivity contribution in [1.29, 1.82) is 0 Å². The Kier molecular flexibility index (Phi) is 4.26. The number of amides is 1.